The number of hydrogen-bond donors (Lipinski definition) is 1. The molecule has 0 fully saturated rings. The maximum Gasteiger partial charge on any atom is 0.243 e. The number of halogens is 1. The van der Waals surface area contributed by atoms with Gasteiger partial charge in [-0.1, -0.05) is 13.8 Å². The standard InChI is InChI=1S/C12H19FN2O2S/c1-4-9(3)15(5-2)18(16,17)10-6-7-12(14)11(13)8-10/h6-9H,4-5,14H2,1-3H3. The van der Waals surface area contributed by atoms with Gasteiger partial charge in [-0.2, -0.15) is 4.31 Å². The molecule has 0 aliphatic heterocycles. The minimum absolute atomic E-state index is 0.0551. The Labute approximate surface area is 108 Å². The lowest BCUT2D eigenvalue weighted by atomic mass is 10.3. The number of hydrogen-bond acceptors (Lipinski definition) is 3. The molecule has 0 spiro atoms. The van der Waals surface area contributed by atoms with Crippen LogP contribution in [0.4, 0.5) is 10.1 Å². The number of nitrogens with two attached hydrogens (primary N) is 1. The Kier molecular flexibility index (Phi) is 4.70. The molecule has 0 radical (unpaired) electrons. The van der Waals surface area contributed by atoms with Crippen LogP contribution in [-0.2, 0) is 10.0 Å². The van der Waals surface area contributed by atoms with Crippen molar-refractivity contribution in [1.29, 1.82) is 0 Å². The minimum atomic E-state index is -3.66. The van der Waals surface area contributed by atoms with Crippen molar-refractivity contribution in [2.75, 3.05) is 12.3 Å². The first-order valence-electron chi connectivity index (χ1n) is 5.91. The molecular weight excluding hydrogens is 255 g/mol. The van der Waals surface area contributed by atoms with Crippen LogP contribution in [0.15, 0.2) is 23.1 Å². The molecule has 0 saturated carbocycles. The molecule has 1 aromatic carbocycles. The first-order chi connectivity index (χ1) is 8.34. The molecule has 1 rings (SSSR count). The van der Waals surface area contributed by atoms with Crippen molar-refractivity contribution < 1.29 is 12.8 Å². The van der Waals surface area contributed by atoms with Gasteiger partial charge in [0.2, 0.25) is 10.0 Å². The van der Waals surface area contributed by atoms with E-state index in [4.69, 9.17) is 5.73 Å². The van der Waals surface area contributed by atoms with Crippen LogP contribution in [0.1, 0.15) is 27.2 Å². The number of nitrogen functional groups attached to an aromatic ring is 1. The van der Waals surface area contributed by atoms with Crippen LogP contribution in [0.5, 0.6) is 0 Å². The number of benzene rings is 1. The Balaban J connectivity index is 3.23. The van der Waals surface area contributed by atoms with Gasteiger partial charge in [0.05, 0.1) is 10.6 Å². The van der Waals surface area contributed by atoms with Gasteiger partial charge in [0.25, 0.3) is 0 Å². The van der Waals surface area contributed by atoms with Crippen molar-refractivity contribution in [2.45, 2.75) is 38.1 Å². The number of sulfonamides is 1. The Morgan fingerprint density at radius 1 is 1.39 bits per heavy atom. The Morgan fingerprint density at radius 2 is 2.00 bits per heavy atom. The van der Waals surface area contributed by atoms with E-state index in [9.17, 15) is 12.8 Å². The van der Waals surface area contributed by atoms with Gasteiger partial charge in [-0.05, 0) is 31.5 Å². The summed E-state index contributed by atoms with van der Waals surface area (Å²) in [6.45, 7) is 5.85. The number of rotatable bonds is 5. The van der Waals surface area contributed by atoms with Gasteiger partial charge in [-0.15, -0.1) is 0 Å². The molecule has 0 aromatic heterocycles. The van der Waals surface area contributed by atoms with Gasteiger partial charge in [0, 0.05) is 12.6 Å². The van der Waals surface area contributed by atoms with E-state index < -0.39 is 15.8 Å². The fourth-order valence-electron chi connectivity index (χ4n) is 1.73. The molecule has 4 nitrogen and oxygen atoms in total. The van der Waals surface area contributed by atoms with Crippen LogP contribution in [0, 0.1) is 5.82 Å². The Hall–Kier alpha value is -1.14. The molecule has 0 heterocycles. The van der Waals surface area contributed by atoms with E-state index in [0.717, 1.165) is 6.07 Å². The summed E-state index contributed by atoms with van der Waals surface area (Å²) in [6, 6.07) is 3.45. The molecule has 0 amide bonds. The van der Waals surface area contributed by atoms with Crippen LogP contribution >= 0.6 is 0 Å². The lowest BCUT2D eigenvalue weighted by Gasteiger charge is -2.26. The first kappa shape index (κ1) is 14.9. The van der Waals surface area contributed by atoms with Crippen LogP contribution in [-0.4, -0.2) is 25.3 Å². The quantitative estimate of drug-likeness (QED) is 0.837. The van der Waals surface area contributed by atoms with Crippen LogP contribution in [0.25, 0.3) is 0 Å². The summed E-state index contributed by atoms with van der Waals surface area (Å²) in [4.78, 5) is -0.0589. The normalized spacial score (nSPS) is 13.8. The Morgan fingerprint density at radius 3 is 2.44 bits per heavy atom. The molecule has 0 aliphatic rings. The maximum atomic E-state index is 13.4. The van der Waals surface area contributed by atoms with Crippen LogP contribution in [0.3, 0.4) is 0 Å². The van der Waals surface area contributed by atoms with Crippen molar-refractivity contribution in [3.8, 4) is 0 Å². The van der Waals surface area contributed by atoms with Gasteiger partial charge >= 0.3 is 0 Å². The second-order valence-electron chi connectivity index (χ2n) is 4.15. The molecule has 2 N–H and O–H groups in total. The van der Waals surface area contributed by atoms with Gasteiger partial charge in [0.15, 0.2) is 0 Å². The zero-order valence-corrected chi connectivity index (χ0v) is 11.7. The number of nitrogens with zero attached hydrogens (tertiary/aromatic N) is 1. The van der Waals surface area contributed by atoms with Crippen molar-refractivity contribution >= 4 is 15.7 Å². The highest BCUT2D eigenvalue weighted by atomic mass is 32.2. The summed E-state index contributed by atoms with van der Waals surface area (Å²) in [6.07, 6.45) is 0.699. The summed E-state index contributed by atoms with van der Waals surface area (Å²) >= 11 is 0. The lowest BCUT2D eigenvalue weighted by Crippen LogP contribution is -2.38. The maximum absolute atomic E-state index is 13.4. The van der Waals surface area contributed by atoms with Crippen molar-refractivity contribution in [3.63, 3.8) is 0 Å². The van der Waals surface area contributed by atoms with Crippen LogP contribution < -0.4 is 5.73 Å². The SMILES string of the molecule is CCC(C)N(CC)S(=O)(=O)c1ccc(N)c(F)c1. The smallest absolute Gasteiger partial charge is 0.243 e. The minimum Gasteiger partial charge on any atom is -0.396 e. The highest BCUT2D eigenvalue weighted by molar-refractivity contribution is 7.89. The second kappa shape index (κ2) is 5.67. The van der Waals surface area contributed by atoms with E-state index in [-0.39, 0.29) is 16.6 Å². The zero-order chi connectivity index (χ0) is 13.9. The molecule has 1 atom stereocenters. The summed E-state index contributed by atoms with van der Waals surface area (Å²) in [5.74, 6) is -0.712. The van der Waals surface area contributed by atoms with Gasteiger partial charge in [-0.25, -0.2) is 12.8 Å². The van der Waals surface area contributed by atoms with E-state index in [2.05, 4.69) is 0 Å². The van der Waals surface area contributed by atoms with Crippen molar-refractivity contribution in [3.05, 3.63) is 24.0 Å². The third-order valence-electron chi connectivity index (χ3n) is 2.97. The molecule has 6 heteroatoms. The molecule has 102 valence electrons. The summed E-state index contributed by atoms with van der Waals surface area (Å²) in [5.41, 5.74) is 5.29. The third-order valence-corrected chi connectivity index (χ3v) is 5.06. The van der Waals surface area contributed by atoms with Gasteiger partial charge in [-0.3, -0.25) is 0 Å². The van der Waals surface area contributed by atoms with Crippen molar-refractivity contribution in [1.82, 2.24) is 4.31 Å². The molecule has 1 unspecified atom stereocenters. The lowest BCUT2D eigenvalue weighted by molar-refractivity contribution is 0.342. The highest BCUT2D eigenvalue weighted by Crippen LogP contribution is 2.22. The number of anilines is 1. The molecule has 1 aromatic rings. The largest absolute Gasteiger partial charge is 0.396 e. The van der Waals surface area contributed by atoms with E-state index in [0.29, 0.717) is 13.0 Å². The highest BCUT2D eigenvalue weighted by Gasteiger charge is 2.27. The Bertz CT molecular complexity index is 517. The molecule has 18 heavy (non-hydrogen) atoms. The van der Waals surface area contributed by atoms with E-state index in [1.165, 1.54) is 16.4 Å². The zero-order valence-electron chi connectivity index (χ0n) is 10.9. The van der Waals surface area contributed by atoms with E-state index in [1.807, 2.05) is 13.8 Å². The molecular formula is C12H19FN2O2S. The first-order valence-corrected chi connectivity index (χ1v) is 7.35. The molecule has 0 aliphatic carbocycles. The van der Waals surface area contributed by atoms with Crippen LogP contribution in [0.2, 0.25) is 0 Å². The van der Waals surface area contributed by atoms with Gasteiger partial charge in [0.1, 0.15) is 5.82 Å². The summed E-state index contributed by atoms with van der Waals surface area (Å²) < 4.78 is 39.4. The fourth-order valence-corrected chi connectivity index (χ4v) is 3.45. The summed E-state index contributed by atoms with van der Waals surface area (Å²) in [7, 11) is -3.66. The molecule has 0 bridgehead atoms. The predicted molar refractivity (Wildman–Crippen MR) is 70.1 cm³/mol. The average molecular weight is 274 g/mol. The summed E-state index contributed by atoms with van der Waals surface area (Å²) in [5, 5.41) is 0. The van der Waals surface area contributed by atoms with Crippen molar-refractivity contribution in [2.24, 2.45) is 0 Å². The monoisotopic (exact) mass is 274 g/mol. The third kappa shape index (κ3) is 2.81. The average Bonchev–Trinajstić information content (AvgIpc) is 2.32. The van der Waals surface area contributed by atoms with E-state index in [1.54, 1.807) is 6.92 Å². The van der Waals surface area contributed by atoms with E-state index >= 15 is 0 Å². The van der Waals surface area contributed by atoms with Gasteiger partial charge < -0.3 is 5.73 Å². The molecule has 0 saturated heterocycles. The predicted octanol–water partition coefficient (Wildman–Crippen LogP) is 2.22. The fraction of sp³-hybridized carbons (Fsp3) is 0.500. The second-order valence-corrected chi connectivity index (χ2v) is 6.04. The topological polar surface area (TPSA) is 63.4 Å².